The Labute approximate surface area is 126 Å². The van der Waals surface area contributed by atoms with E-state index in [1.165, 1.54) is 12.1 Å². The molecule has 0 amide bonds. The fourth-order valence-corrected chi connectivity index (χ4v) is 2.34. The molecule has 0 radical (unpaired) electrons. The van der Waals surface area contributed by atoms with E-state index in [0.717, 1.165) is 5.56 Å². The van der Waals surface area contributed by atoms with Gasteiger partial charge < -0.3 is 5.32 Å². The van der Waals surface area contributed by atoms with Gasteiger partial charge in [0.05, 0.1) is 10.0 Å². The van der Waals surface area contributed by atoms with Crippen molar-refractivity contribution < 1.29 is 4.39 Å². The SMILES string of the molecule is CC(Nc1cc(Cl)c(F)c(Cl)c1)c1ccc(Cl)cc1. The van der Waals surface area contributed by atoms with Crippen LogP contribution in [0.15, 0.2) is 36.4 Å². The summed E-state index contributed by atoms with van der Waals surface area (Å²) >= 11 is 17.3. The van der Waals surface area contributed by atoms with Crippen molar-refractivity contribution in [3.8, 4) is 0 Å². The zero-order valence-electron chi connectivity index (χ0n) is 10.1. The first-order valence-electron chi connectivity index (χ1n) is 5.64. The molecule has 5 heteroatoms. The van der Waals surface area contributed by atoms with Crippen LogP contribution in [0.4, 0.5) is 10.1 Å². The summed E-state index contributed by atoms with van der Waals surface area (Å²) in [5.41, 5.74) is 1.72. The molecule has 0 aromatic heterocycles. The molecule has 0 saturated carbocycles. The van der Waals surface area contributed by atoms with Gasteiger partial charge in [0.1, 0.15) is 0 Å². The second kappa shape index (κ2) is 6.00. The van der Waals surface area contributed by atoms with Crippen molar-refractivity contribution in [1.82, 2.24) is 0 Å². The summed E-state index contributed by atoms with van der Waals surface area (Å²) in [6.45, 7) is 1.98. The molecule has 1 N–H and O–H groups in total. The molecule has 19 heavy (non-hydrogen) atoms. The van der Waals surface area contributed by atoms with Crippen LogP contribution in [0.3, 0.4) is 0 Å². The zero-order chi connectivity index (χ0) is 14.0. The van der Waals surface area contributed by atoms with Crippen LogP contribution in [0, 0.1) is 5.82 Å². The summed E-state index contributed by atoms with van der Waals surface area (Å²) in [5.74, 6) is -0.604. The van der Waals surface area contributed by atoms with Gasteiger partial charge in [-0.25, -0.2) is 4.39 Å². The smallest absolute Gasteiger partial charge is 0.160 e. The van der Waals surface area contributed by atoms with Crippen molar-refractivity contribution in [1.29, 1.82) is 0 Å². The van der Waals surface area contributed by atoms with Crippen molar-refractivity contribution >= 4 is 40.5 Å². The number of nitrogens with one attached hydrogen (secondary N) is 1. The van der Waals surface area contributed by atoms with Crippen molar-refractivity contribution in [2.45, 2.75) is 13.0 Å². The fraction of sp³-hybridized carbons (Fsp3) is 0.143. The lowest BCUT2D eigenvalue weighted by Gasteiger charge is -2.16. The third-order valence-electron chi connectivity index (χ3n) is 2.74. The first kappa shape index (κ1) is 14.4. The highest BCUT2D eigenvalue weighted by Gasteiger charge is 2.10. The fourth-order valence-electron chi connectivity index (χ4n) is 1.72. The first-order chi connectivity index (χ1) is 8.97. The average molecular weight is 319 g/mol. The Morgan fingerprint density at radius 1 is 1.00 bits per heavy atom. The molecule has 0 aliphatic rings. The molecule has 0 heterocycles. The average Bonchev–Trinajstić information content (AvgIpc) is 2.36. The molecule has 2 aromatic rings. The minimum absolute atomic E-state index is 0.00157. The van der Waals surface area contributed by atoms with E-state index in [4.69, 9.17) is 34.8 Å². The van der Waals surface area contributed by atoms with Crippen LogP contribution in [0.1, 0.15) is 18.5 Å². The van der Waals surface area contributed by atoms with E-state index in [-0.39, 0.29) is 16.1 Å². The van der Waals surface area contributed by atoms with Gasteiger partial charge in [0, 0.05) is 16.8 Å². The maximum absolute atomic E-state index is 13.3. The van der Waals surface area contributed by atoms with E-state index in [1.807, 2.05) is 31.2 Å². The molecule has 0 aliphatic carbocycles. The Morgan fingerprint density at radius 2 is 1.53 bits per heavy atom. The lowest BCUT2D eigenvalue weighted by atomic mass is 10.1. The number of hydrogen-bond donors (Lipinski definition) is 1. The zero-order valence-corrected chi connectivity index (χ0v) is 12.3. The van der Waals surface area contributed by atoms with Gasteiger partial charge in [-0.2, -0.15) is 0 Å². The highest BCUT2D eigenvalue weighted by Crippen LogP contribution is 2.29. The monoisotopic (exact) mass is 317 g/mol. The molecule has 0 fully saturated rings. The summed E-state index contributed by atoms with van der Waals surface area (Å²) in [6, 6.07) is 10.5. The van der Waals surface area contributed by atoms with Crippen molar-refractivity contribution in [3.63, 3.8) is 0 Å². The third kappa shape index (κ3) is 3.53. The summed E-state index contributed by atoms with van der Waals surface area (Å²) in [4.78, 5) is 0. The largest absolute Gasteiger partial charge is 0.378 e. The molecule has 0 spiro atoms. The van der Waals surface area contributed by atoms with Crippen LogP contribution in [0.25, 0.3) is 0 Å². The molecule has 0 aliphatic heterocycles. The minimum Gasteiger partial charge on any atom is -0.378 e. The maximum Gasteiger partial charge on any atom is 0.160 e. The highest BCUT2D eigenvalue weighted by molar-refractivity contribution is 6.35. The van der Waals surface area contributed by atoms with E-state index >= 15 is 0 Å². The molecular weight excluding hydrogens is 308 g/mol. The number of hydrogen-bond acceptors (Lipinski definition) is 1. The normalized spacial score (nSPS) is 12.3. The van der Waals surface area contributed by atoms with Crippen molar-refractivity contribution in [2.24, 2.45) is 0 Å². The predicted octanol–water partition coefficient (Wildman–Crippen LogP) is 5.96. The van der Waals surface area contributed by atoms with Gasteiger partial charge in [-0.3, -0.25) is 0 Å². The Bertz CT molecular complexity index is 561. The van der Waals surface area contributed by atoms with E-state index in [9.17, 15) is 4.39 Å². The molecule has 0 bridgehead atoms. The Balaban J connectivity index is 2.19. The van der Waals surface area contributed by atoms with E-state index in [1.54, 1.807) is 0 Å². The van der Waals surface area contributed by atoms with Gasteiger partial charge in [-0.15, -0.1) is 0 Å². The standard InChI is InChI=1S/C14H11Cl3FN/c1-8(9-2-4-10(15)5-3-9)19-11-6-12(16)14(18)13(17)7-11/h2-8,19H,1H3. The molecule has 100 valence electrons. The minimum atomic E-state index is -0.604. The Kier molecular flexibility index (Phi) is 4.56. The summed E-state index contributed by atoms with van der Waals surface area (Å²) < 4.78 is 13.3. The van der Waals surface area contributed by atoms with E-state index in [0.29, 0.717) is 10.7 Å². The lowest BCUT2D eigenvalue weighted by molar-refractivity contribution is 0.628. The first-order valence-corrected chi connectivity index (χ1v) is 6.77. The molecule has 1 atom stereocenters. The van der Waals surface area contributed by atoms with Gasteiger partial charge in [-0.05, 0) is 36.8 Å². The highest BCUT2D eigenvalue weighted by atomic mass is 35.5. The van der Waals surface area contributed by atoms with Crippen LogP contribution < -0.4 is 5.32 Å². The molecule has 2 rings (SSSR count). The number of benzene rings is 2. The lowest BCUT2D eigenvalue weighted by Crippen LogP contribution is -2.06. The summed E-state index contributed by atoms with van der Waals surface area (Å²) in [7, 11) is 0. The van der Waals surface area contributed by atoms with Crippen LogP contribution >= 0.6 is 34.8 Å². The Hall–Kier alpha value is -0.960. The van der Waals surface area contributed by atoms with E-state index in [2.05, 4.69) is 5.32 Å². The van der Waals surface area contributed by atoms with Gasteiger partial charge >= 0.3 is 0 Å². The van der Waals surface area contributed by atoms with Crippen LogP contribution in [0.5, 0.6) is 0 Å². The van der Waals surface area contributed by atoms with E-state index < -0.39 is 5.82 Å². The van der Waals surface area contributed by atoms with Gasteiger partial charge in [0.15, 0.2) is 5.82 Å². The molecule has 0 saturated heterocycles. The van der Waals surface area contributed by atoms with Crippen molar-refractivity contribution in [3.05, 3.63) is 62.8 Å². The topological polar surface area (TPSA) is 12.0 Å². The number of anilines is 1. The second-order valence-corrected chi connectivity index (χ2v) is 5.42. The van der Waals surface area contributed by atoms with Gasteiger partial charge in [0.2, 0.25) is 0 Å². The van der Waals surface area contributed by atoms with Gasteiger partial charge in [-0.1, -0.05) is 46.9 Å². The molecule has 2 aromatic carbocycles. The van der Waals surface area contributed by atoms with Crippen LogP contribution in [-0.4, -0.2) is 0 Å². The third-order valence-corrected chi connectivity index (χ3v) is 3.54. The second-order valence-electron chi connectivity index (χ2n) is 4.17. The van der Waals surface area contributed by atoms with Crippen LogP contribution in [-0.2, 0) is 0 Å². The molecular formula is C14H11Cl3FN. The summed E-state index contributed by atoms with van der Waals surface area (Å²) in [5, 5.41) is 3.89. The van der Waals surface area contributed by atoms with Crippen molar-refractivity contribution in [2.75, 3.05) is 5.32 Å². The van der Waals surface area contributed by atoms with Gasteiger partial charge in [0.25, 0.3) is 0 Å². The molecule has 1 nitrogen and oxygen atoms in total. The number of halogens is 4. The summed E-state index contributed by atoms with van der Waals surface area (Å²) in [6.07, 6.45) is 0. The Morgan fingerprint density at radius 3 is 2.05 bits per heavy atom. The van der Waals surface area contributed by atoms with Crippen LogP contribution in [0.2, 0.25) is 15.1 Å². The molecule has 1 unspecified atom stereocenters. The predicted molar refractivity (Wildman–Crippen MR) is 79.9 cm³/mol. The maximum atomic E-state index is 13.3. The number of rotatable bonds is 3. The quantitative estimate of drug-likeness (QED) is 0.689.